The molecule has 2 heterocycles. The third-order valence-electron chi connectivity index (χ3n) is 3.14. The largest absolute Gasteiger partial charge is 0.476 e. The van der Waals surface area contributed by atoms with Gasteiger partial charge in [0.15, 0.2) is 0 Å². The molecule has 2 aromatic rings. The van der Waals surface area contributed by atoms with Gasteiger partial charge in [-0.3, -0.25) is 0 Å². The molecule has 0 saturated heterocycles. The van der Waals surface area contributed by atoms with E-state index in [0.717, 1.165) is 18.8 Å². The van der Waals surface area contributed by atoms with E-state index in [1.54, 1.807) is 11.3 Å². The van der Waals surface area contributed by atoms with Gasteiger partial charge in [-0.25, -0.2) is 0 Å². The molecule has 0 aliphatic rings. The van der Waals surface area contributed by atoms with E-state index in [0.29, 0.717) is 24.2 Å². The third kappa shape index (κ3) is 4.11. The van der Waals surface area contributed by atoms with Crippen molar-refractivity contribution in [2.75, 3.05) is 17.2 Å². The highest BCUT2D eigenvalue weighted by Gasteiger charge is 2.15. The summed E-state index contributed by atoms with van der Waals surface area (Å²) >= 11 is 1.76. The molecule has 4 nitrogen and oxygen atoms in total. The molecule has 0 aliphatic carbocycles. The first-order chi connectivity index (χ1) is 10.1. The van der Waals surface area contributed by atoms with E-state index >= 15 is 0 Å². The number of hydrogen-bond acceptors (Lipinski definition) is 5. The number of nitrogens with zero attached hydrogens (tertiary/aromatic N) is 2. The molecule has 0 atom stereocenters. The van der Waals surface area contributed by atoms with Gasteiger partial charge in [0.25, 0.3) is 0 Å². The Labute approximate surface area is 130 Å². The van der Waals surface area contributed by atoms with Crippen LogP contribution in [0.25, 0.3) is 0 Å². The number of anilines is 2. The number of thiophene rings is 1. The molecular weight excluding hydrogens is 282 g/mol. The molecule has 5 heteroatoms. The molecule has 114 valence electrons. The molecule has 0 aromatic carbocycles. The molecule has 2 rings (SSSR count). The van der Waals surface area contributed by atoms with Gasteiger partial charge in [-0.15, -0.1) is 11.3 Å². The van der Waals surface area contributed by atoms with Crippen molar-refractivity contribution in [2.24, 2.45) is 0 Å². The van der Waals surface area contributed by atoms with Crippen molar-refractivity contribution >= 4 is 22.8 Å². The van der Waals surface area contributed by atoms with Crippen molar-refractivity contribution in [1.29, 1.82) is 0 Å². The van der Waals surface area contributed by atoms with Crippen LogP contribution in [0, 0.1) is 0 Å². The molecular formula is C16H23N3OS. The van der Waals surface area contributed by atoms with E-state index in [9.17, 15) is 0 Å². The van der Waals surface area contributed by atoms with Gasteiger partial charge in [0.1, 0.15) is 5.82 Å². The van der Waals surface area contributed by atoms with E-state index in [1.165, 1.54) is 4.88 Å². The van der Waals surface area contributed by atoms with Crippen molar-refractivity contribution in [1.82, 2.24) is 4.98 Å². The highest BCUT2D eigenvalue weighted by atomic mass is 32.1. The third-order valence-corrected chi connectivity index (χ3v) is 4.00. The first-order valence-corrected chi connectivity index (χ1v) is 8.18. The Morgan fingerprint density at radius 1 is 1.33 bits per heavy atom. The quantitative estimate of drug-likeness (QED) is 0.842. The van der Waals surface area contributed by atoms with Gasteiger partial charge in [0.2, 0.25) is 5.88 Å². The number of pyridine rings is 1. The first-order valence-electron chi connectivity index (χ1n) is 7.30. The van der Waals surface area contributed by atoms with Gasteiger partial charge in [0, 0.05) is 10.9 Å². The summed E-state index contributed by atoms with van der Waals surface area (Å²) in [7, 11) is 0. The lowest BCUT2D eigenvalue weighted by molar-refractivity contribution is 0.307. The van der Waals surface area contributed by atoms with Crippen molar-refractivity contribution < 1.29 is 4.74 Å². The van der Waals surface area contributed by atoms with Crippen LogP contribution >= 0.6 is 11.3 Å². The smallest absolute Gasteiger partial charge is 0.239 e. The molecule has 0 spiro atoms. The monoisotopic (exact) mass is 305 g/mol. The average Bonchev–Trinajstić information content (AvgIpc) is 2.97. The van der Waals surface area contributed by atoms with E-state index < -0.39 is 0 Å². The topological polar surface area (TPSA) is 51.4 Å². The van der Waals surface area contributed by atoms with Crippen LogP contribution < -0.4 is 15.4 Å². The van der Waals surface area contributed by atoms with E-state index in [2.05, 4.69) is 48.2 Å². The summed E-state index contributed by atoms with van der Waals surface area (Å²) in [6.07, 6.45) is 0.939. The molecule has 0 aliphatic heterocycles. The minimum atomic E-state index is 0.349. The van der Waals surface area contributed by atoms with Crippen molar-refractivity contribution in [2.45, 2.75) is 39.8 Å². The normalized spacial score (nSPS) is 10.9. The molecule has 0 amide bonds. The van der Waals surface area contributed by atoms with E-state index in [1.807, 2.05) is 12.1 Å². The average molecular weight is 305 g/mol. The summed E-state index contributed by atoms with van der Waals surface area (Å²) in [6.45, 7) is 7.88. The van der Waals surface area contributed by atoms with Crippen molar-refractivity contribution in [3.8, 4) is 5.88 Å². The summed E-state index contributed by atoms with van der Waals surface area (Å²) < 4.78 is 5.63. The minimum absolute atomic E-state index is 0.349. The van der Waals surface area contributed by atoms with Gasteiger partial charge < -0.3 is 15.4 Å². The number of aromatic nitrogens is 1. The summed E-state index contributed by atoms with van der Waals surface area (Å²) in [4.78, 5) is 8.17. The summed E-state index contributed by atoms with van der Waals surface area (Å²) in [5.41, 5.74) is 6.53. The molecule has 0 fully saturated rings. The van der Waals surface area contributed by atoms with Crippen molar-refractivity contribution in [3.63, 3.8) is 0 Å². The molecule has 0 saturated carbocycles. The molecule has 21 heavy (non-hydrogen) atoms. The van der Waals surface area contributed by atoms with Gasteiger partial charge >= 0.3 is 0 Å². The Morgan fingerprint density at radius 3 is 2.76 bits per heavy atom. The van der Waals surface area contributed by atoms with Gasteiger partial charge in [0.05, 0.1) is 18.8 Å². The maximum Gasteiger partial charge on any atom is 0.239 e. The minimum Gasteiger partial charge on any atom is -0.476 e. The summed E-state index contributed by atoms with van der Waals surface area (Å²) in [5, 5.41) is 2.10. The van der Waals surface area contributed by atoms with Crippen LogP contribution in [-0.2, 0) is 6.54 Å². The van der Waals surface area contributed by atoms with Crippen LogP contribution in [0.1, 0.15) is 32.1 Å². The van der Waals surface area contributed by atoms with Gasteiger partial charge in [-0.05, 0) is 43.8 Å². The predicted molar refractivity (Wildman–Crippen MR) is 90.1 cm³/mol. The van der Waals surface area contributed by atoms with Crippen LogP contribution in [0.3, 0.4) is 0 Å². The number of nitrogens with two attached hydrogens (primary N) is 1. The lowest BCUT2D eigenvalue weighted by Crippen LogP contribution is -2.30. The Hall–Kier alpha value is -1.75. The van der Waals surface area contributed by atoms with E-state index in [4.69, 9.17) is 10.5 Å². The Balaban J connectivity index is 2.23. The SMILES string of the molecule is CCCOc1nc(N(Cc2cccs2)C(C)C)ccc1N. The number of ether oxygens (including phenoxy) is 1. The fourth-order valence-electron chi connectivity index (χ4n) is 2.01. The van der Waals surface area contributed by atoms with Crippen LogP contribution in [-0.4, -0.2) is 17.6 Å². The van der Waals surface area contributed by atoms with E-state index in [-0.39, 0.29) is 0 Å². The highest BCUT2D eigenvalue weighted by Crippen LogP contribution is 2.26. The second-order valence-electron chi connectivity index (χ2n) is 5.21. The maximum absolute atomic E-state index is 5.94. The van der Waals surface area contributed by atoms with Crippen LogP contribution in [0.5, 0.6) is 5.88 Å². The standard InChI is InChI=1S/C16H23N3OS/c1-4-9-20-16-14(17)7-8-15(18-16)19(12(2)3)11-13-6-5-10-21-13/h5-8,10,12H,4,9,11,17H2,1-3H3. The summed E-state index contributed by atoms with van der Waals surface area (Å²) in [6, 6.07) is 8.40. The first kappa shape index (κ1) is 15.6. The van der Waals surface area contributed by atoms with Gasteiger partial charge in [-0.2, -0.15) is 4.98 Å². The number of rotatable bonds is 7. The zero-order valence-corrected chi connectivity index (χ0v) is 13.7. The molecule has 0 radical (unpaired) electrons. The number of hydrogen-bond donors (Lipinski definition) is 1. The van der Waals surface area contributed by atoms with Gasteiger partial charge in [-0.1, -0.05) is 13.0 Å². The zero-order chi connectivity index (χ0) is 15.2. The van der Waals surface area contributed by atoms with Crippen LogP contribution in [0.15, 0.2) is 29.6 Å². The highest BCUT2D eigenvalue weighted by molar-refractivity contribution is 7.09. The lowest BCUT2D eigenvalue weighted by Gasteiger charge is -2.28. The summed E-state index contributed by atoms with van der Waals surface area (Å²) in [5.74, 6) is 1.44. The second kappa shape index (κ2) is 7.31. The fraction of sp³-hybridized carbons (Fsp3) is 0.438. The molecule has 0 unspecified atom stereocenters. The lowest BCUT2D eigenvalue weighted by atomic mass is 10.2. The Bertz CT molecular complexity index is 555. The van der Waals surface area contributed by atoms with Crippen LogP contribution in [0.4, 0.5) is 11.5 Å². The Morgan fingerprint density at radius 2 is 2.14 bits per heavy atom. The fourth-order valence-corrected chi connectivity index (χ4v) is 2.72. The molecule has 2 N–H and O–H groups in total. The second-order valence-corrected chi connectivity index (χ2v) is 6.25. The maximum atomic E-state index is 5.94. The molecule has 2 aromatic heterocycles. The predicted octanol–water partition coefficient (Wildman–Crippen LogP) is 3.93. The Kier molecular flexibility index (Phi) is 5.44. The van der Waals surface area contributed by atoms with Crippen LogP contribution in [0.2, 0.25) is 0 Å². The number of nitrogen functional groups attached to an aromatic ring is 1. The zero-order valence-electron chi connectivity index (χ0n) is 12.9. The van der Waals surface area contributed by atoms with Crippen molar-refractivity contribution in [3.05, 3.63) is 34.5 Å². The molecule has 0 bridgehead atoms.